The van der Waals surface area contributed by atoms with Crippen LogP contribution in [-0.4, -0.2) is 161 Å². The molecule has 4 rings (SSSR count). The predicted octanol–water partition coefficient (Wildman–Crippen LogP) is -0.298. The molecule has 0 saturated carbocycles. The standard InChI is InChI=1S/C38H45N7O12/c1-24-36(51)42(4)19-32(47)54-23-31(46)41(3)20-33(48)55-25(2)37(52)43(5)22-35(50)57-30(38(53)44(6)21-34(49)56-24)14-26-9-11-27(12-10-26)17-45-18-29(16-40-45)28-8-7-13-39-15-28/h7-13,15-16,18,24-25,30H,14,17,19-23H2,1-6H3. The monoisotopic (exact) mass is 791 g/mol. The quantitative estimate of drug-likeness (QED) is 0.240. The van der Waals surface area contributed by atoms with Crippen molar-refractivity contribution in [3.05, 3.63) is 72.3 Å². The van der Waals surface area contributed by atoms with Gasteiger partial charge in [-0.25, -0.2) is 0 Å². The topological polar surface area (TPSA) is 217 Å². The normalized spacial score (nSPS) is 20.8. The third kappa shape index (κ3) is 12.7. The largest absolute Gasteiger partial charge is 0.454 e. The molecule has 3 atom stereocenters. The number of hydrogen-bond acceptors (Lipinski definition) is 14. The number of amides is 4. The van der Waals surface area contributed by atoms with E-state index >= 15 is 0 Å². The Morgan fingerprint density at radius 1 is 0.614 bits per heavy atom. The van der Waals surface area contributed by atoms with E-state index in [1.807, 2.05) is 30.5 Å². The van der Waals surface area contributed by atoms with Crippen LogP contribution in [0.3, 0.4) is 0 Å². The van der Waals surface area contributed by atoms with Crippen LogP contribution in [0.4, 0.5) is 0 Å². The van der Waals surface area contributed by atoms with Crippen LogP contribution < -0.4 is 0 Å². The SMILES string of the molecule is CC1OC(=O)CN(C)C(=O)C(Cc2ccc(Cn3cc(-c4cccnc4)cn3)cc2)OC(=O)CN(C)C(=O)C(C)OC(=O)CN(C)C(=O)COC(=O)CN(C)C1=O. The van der Waals surface area contributed by atoms with Crippen LogP contribution in [0.25, 0.3) is 11.1 Å². The van der Waals surface area contributed by atoms with E-state index in [-0.39, 0.29) is 6.42 Å². The Balaban J connectivity index is 1.51. The second-order valence-corrected chi connectivity index (χ2v) is 13.4. The van der Waals surface area contributed by atoms with E-state index in [1.54, 1.807) is 35.4 Å². The zero-order valence-electron chi connectivity index (χ0n) is 32.5. The number of esters is 4. The van der Waals surface area contributed by atoms with Gasteiger partial charge in [0.25, 0.3) is 23.6 Å². The van der Waals surface area contributed by atoms with E-state index in [0.717, 1.165) is 36.3 Å². The summed E-state index contributed by atoms with van der Waals surface area (Å²) in [4.78, 5) is 111. The van der Waals surface area contributed by atoms with Crippen molar-refractivity contribution in [2.24, 2.45) is 0 Å². The maximum atomic E-state index is 13.7. The van der Waals surface area contributed by atoms with Gasteiger partial charge >= 0.3 is 23.9 Å². The molecule has 19 nitrogen and oxygen atoms in total. The minimum atomic E-state index is -1.47. The maximum absolute atomic E-state index is 13.7. The zero-order valence-corrected chi connectivity index (χ0v) is 32.5. The van der Waals surface area contributed by atoms with Crippen molar-refractivity contribution in [3.8, 4) is 11.1 Å². The number of carbonyl (C=O) groups excluding carboxylic acids is 8. The van der Waals surface area contributed by atoms with Gasteiger partial charge in [-0.15, -0.1) is 0 Å². The molecule has 3 unspecified atom stereocenters. The number of hydrogen-bond donors (Lipinski definition) is 0. The van der Waals surface area contributed by atoms with E-state index in [1.165, 1.54) is 42.0 Å². The second kappa shape index (κ2) is 19.8. The minimum absolute atomic E-state index is 0.120. The van der Waals surface area contributed by atoms with E-state index in [2.05, 4.69) is 10.1 Å². The summed E-state index contributed by atoms with van der Waals surface area (Å²) in [5, 5.41) is 4.42. The van der Waals surface area contributed by atoms with Crippen molar-refractivity contribution < 1.29 is 57.3 Å². The van der Waals surface area contributed by atoms with Crippen LogP contribution in [0.1, 0.15) is 25.0 Å². The maximum Gasteiger partial charge on any atom is 0.326 e. The van der Waals surface area contributed by atoms with Crippen molar-refractivity contribution in [1.82, 2.24) is 34.4 Å². The van der Waals surface area contributed by atoms with Crippen molar-refractivity contribution in [2.75, 3.05) is 61.0 Å². The van der Waals surface area contributed by atoms with Crippen LogP contribution in [0.15, 0.2) is 61.2 Å². The lowest BCUT2D eigenvalue weighted by Gasteiger charge is -2.26. The highest BCUT2D eigenvalue weighted by atomic mass is 16.6. The summed E-state index contributed by atoms with van der Waals surface area (Å²) in [6.07, 6.45) is 2.70. The number of ether oxygens (including phenoxy) is 4. The van der Waals surface area contributed by atoms with E-state index in [4.69, 9.17) is 18.9 Å². The molecule has 0 spiro atoms. The van der Waals surface area contributed by atoms with Gasteiger partial charge in [0.05, 0.1) is 12.7 Å². The van der Waals surface area contributed by atoms with Gasteiger partial charge in [-0.1, -0.05) is 30.3 Å². The first kappa shape index (κ1) is 43.1. The summed E-state index contributed by atoms with van der Waals surface area (Å²) in [5.74, 6) is -7.00. The molecule has 1 saturated heterocycles. The first-order valence-corrected chi connectivity index (χ1v) is 17.7. The lowest BCUT2D eigenvalue weighted by Crippen LogP contribution is -2.46. The van der Waals surface area contributed by atoms with Crippen LogP contribution in [0.2, 0.25) is 0 Å². The first-order valence-electron chi connectivity index (χ1n) is 17.7. The second-order valence-electron chi connectivity index (χ2n) is 13.4. The summed E-state index contributed by atoms with van der Waals surface area (Å²) >= 11 is 0. The van der Waals surface area contributed by atoms with Crippen LogP contribution in [0, 0.1) is 0 Å². The average Bonchev–Trinajstić information content (AvgIpc) is 3.64. The number of likely N-dealkylation sites (N-methyl/N-ethyl adjacent to an activating group) is 4. The summed E-state index contributed by atoms with van der Waals surface area (Å²) in [5.41, 5.74) is 3.30. The Labute approximate surface area is 328 Å². The Hall–Kier alpha value is -6.66. The summed E-state index contributed by atoms with van der Waals surface area (Å²) < 4.78 is 22.6. The molecule has 4 amide bonds. The minimum Gasteiger partial charge on any atom is -0.454 e. The van der Waals surface area contributed by atoms with Gasteiger partial charge in [0, 0.05) is 64.3 Å². The predicted molar refractivity (Wildman–Crippen MR) is 197 cm³/mol. The molecule has 0 radical (unpaired) electrons. The molecular weight excluding hydrogens is 746 g/mol. The molecule has 3 aromatic rings. The number of rotatable bonds is 5. The molecule has 0 aliphatic carbocycles. The van der Waals surface area contributed by atoms with Gasteiger partial charge in [-0.3, -0.25) is 48.0 Å². The van der Waals surface area contributed by atoms with Crippen LogP contribution in [-0.2, 0) is 70.3 Å². The molecule has 57 heavy (non-hydrogen) atoms. The lowest BCUT2D eigenvalue weighted by atomic mass is 10.0. The molecule has 304 valence electrons. The molecule has 1 aliphatic rings. The molecule has 0 bridgehead atoms. The highest BCUT2D eigenvalue weighted by Crippen LogP contribution is 2.18. The van der Waals surface area contributed by atoms with Crippen molar-refractivity contribution in [2.45, 2.75) is 45.1 Å². The lowest BCUT2D eigenvalue weighted by molar-refractivity contribution is -0.167. The van der Waals surface area contributed by atoms with Gasteiger partial charge in [0.15, 0.2) is 24.9 Å². The Morgan fingerprint density at radius 3 is 1.72 bits per heavy atom. The van der Waals surface area contributed by atoms with Crippen molar-refractivity contribution in [3.63, 3.8) is 0 Å². The average molecular weight is 792 g/mol. The third-order valence-electron chi connectivity index (χ3n) is 8.65. The molecule has 2 aromatic heterocycles. The molecule has 1 aromatic carbocycles. The number of aromatic nitrogens is 3. The molecule has 19 heteroatoms. The van der Waals surface area contributed by atoms with Gasteiger partial charge in [0.2, 0.25) is 0 Å². The molecule has 1 fully saturated rings. The van der Waals surface area contributed by atoms with Gasteiger partial charge in [-0.05, 0) is 31.0 Å². The van der Waals surface area contributed by atoms with E-state index in [9.17, 15) is 38.4 Å². The summed E-state index contributed by atoms with van der Waals surface area (Å²) in [6, 6.07) is 10.9. The summed E-state index contributed by atoms with van der Waals surface area (Å²) in [7, 11) is 5.03. The fourth-order valence-electron chi connectivity index (χ4n) is 5.52. The smallest absolute Gasteiger partial charge is 0.326 e. The number of nitrogens with zero attached hydrogens (tertiary/aromatic N) is 7. The molecule has 0 N–H and O–H groups in total. The fraction of sp³-hybridized carbons (Fsp3) is 0.421. The molecular formula is C38H45N7O12. The third-order valence-corrected chi connectivity index (χ3v) is 8.65. The number of benzene rings is 1. The summed E-state index contributed by atoms with van der Waals surface area (Å²) in [6.45, 7) is -0.275. The zero-order chi connectivity index (χ0) is 41.8. The van der Waals surface area contributed by atoms with E-state index < -0.39 is 98.6 Å². The Morgan fingerprint density at radius 2 is 1.14 bits per heavy atom. The van der Waals surface area contributed by atoms with Gasteiger partial charge < -0.3 is 38.5 Å². The van der Waals surface area contributed by atoms with Crippen molar-refractivity contribution in [1.29, 1.82) is 0 Å². The van der Waals surface area contributed by atoms with Crippen molar-refractivity contribution >= 4 is 47.5 Å². The Bertz CT molecular complexity index is 1950. The highest BCUT2D eigenvalue weighted by Gasteiger charge is 2.32. The van der Waals surface area contributed by atoms with Crippen LogP contribution >= 0.6 is 0 Å². The molecule has 1 aliphatic heterocycles. The highest BCUT2D eigenvalue weighted by molar-refractivity contribution is 5.91. The number of carbonyl (C=O) groups is 8. The Kier molecular flexibility index (Phi) is 14.9. The molecule has 3 heterocycles. The van der Waals surface area contributed by atoms with E-state index in [0.29, 0.717) is 12.1 Å². The fourth-order valence-corrected chi connectivity index (χ4v) is 5.52. The number of pyridine rings is 1. The first-order chi connectivity index (χ1) is 27.0. The van der Waals surface area contributed by atoms with Gasteiger partial charge in [0.1, 0.15) is 26.2 Å². The van der Waals surface area contributed by atoms with Gasteiger partial charge in [-0.2, -0.15) is 5.10 Å². The van der Waals surface area contributed by atoms with Crippen LogP contribution in [0.5, 0.6) is 0 Å². The number of cyclic esters (lactones) is 4.